The van der Waals surface area contributed by atoms with Gasteiger partial charge in [-0.25, -0.2) is 4.79 Å². The predicted molar refractivity (Wildman–Crippen MR) is 113 cm³/mol. The van der Waals surface area contributed by atoms with Gasteiger partial charge in [0.1, 0.15) is 0 Å². The topological polar surface area (TPSA) is 83.7 Å². The Morgan fingerprint density at radius 1 is 1.07 bits per heavy atom. The number of aromatic nitrogens is 2. The van der Waals surface area contributed by atoms with Gasteiger partial charge in [0.2, 0.25) is 5.89 Å². The number of carbonyl (C=O) groups is 1. The highest BCUT2D eigenvalue weighted by molar-refractivity contribution is 7.99. The lowest BCUT2D eigenvalue weighted by Gasteiger charge is -2.07. The smallest absolute Gasteiger partial charge is 0.339 e. The molecule has 0 fully saturated rings. The summed E-state index contributed by atoms with van der Waals surface area (Å²) in [6.07, 6.45) is 0. The fourth-order valence-electron chi connectivity index (χ4n) is 2.54. The number of carbonyl (C=O) groups excluding carboxylic acids is 1. The first-order valence-corrected chi connectivity index (χ1v) is 9.98. The van der Waals surface area contributed by atoms with Crippen LogP contribution in [0.15, 0.2) is 52.1 Å². The third kappa shape index (κ3) is 5.33. The molecule has 3 aromatic rings. The summed E-state index contributed by atoms with van der Waals surface area (Å²) in [5, 5.41) is 8.45. The molecule has 0 saturated heterocycles. The van der Waals surface area contributed by atoms with Crippen molar-refractivity contribution in [2.45, 2.75) is 12.1 Å². The zero-order valence-corrected chi connectivity index (χ0v) is 17.6. The molecule has 154 valence electrons. The summed E-state index contributed by atoms with van der Waals surface area (Å²) in [5.74, 6) is 7.33. The van der Waals surface area contributed by atoms with E-state index >= 15 is 0 Å². The molecule has 7 nitrogen and oxygen atoms in total. The number of hydrogen-bond acceptors (Lipinski definition) is 8. The molecule has 0 aliphatic carbocycles. The van der Waals surface area contributed by atoms with Crippen LogP contribution in [-0.2, 0) is 4.74 Å². The van der Waals surface area contributed by atoms with E-state index in [0.717, 1.165) is 11.1 Å². The van der Waals surface area contributed by atoms with E-state index in [9.17, 15) is 4.79 Å². The van der Waals surface area contributed by atoms with Gasteiger partial charge in [-0.15, -0.1) is 10.2 Å². The molecule has 1 aromatic heterocycles. The highest BCUT2D eigenvalue weighted by atomic mass is 32.2. The number of hydrogen-bond donors (Lipinski definition) is 0. The molecule has 0 bridgehead atoms. The van der Waals surface area contributed by atoms with E-state index in [1.165, 1.54) is 11.8 Å². The van der Waals surface area contributed by atoms with Crippen molar-refractivity contribution in [3.05, 3.63) is 53.6 Å². The molecule has 1 heterocycles. The quantitative estimate of drug-likeness (QED) is 0.320. The lowest BCUT2D eigenvalue weighted by atomic mass is 10.1. The number of thioether (sulfide) groups is 1. The van der Waals surface area contributed by atoms with E-state index in [1.807, 2.05) is 25.1 Å². The average Bonchev–Trinajstić information content (AvgIpc) is 3.24. The van der Waals surface area contributed by atoms with E-state index in [4.69, 9.17) is 18.6 Å². The van der Waals surface area contributed by atoms with Crippen LogP contribution in [0, 0.1) is 18.8 Å². The normalized spacial score (nSPS) is 10.1. The Morgan fingerprint density at radius 3 is 2.63 bits per heavy atom. The molecule has 0 aliphatic heterocycles. The Hall–Kier alpha value is -3.44. The zero-order valence-electron chi connectivity index (χ0n) is 16.8. The Morgan fingerprint density at radius 2 is 1.87 bits per heavy atom. The van der Waals surface area contributed by atoms with E-state index in [2.05, 4.69) is 22.0 Å². The van der Waals surface area contributed by atoms with E-state index < -0.39 is 0 Å². The third-order valence-electron chi connectivity index (χ3n) is 4.07. The van der Waals surface area contributed by atoms with E-state index in [-0.39, 0.29) is 12.6 Å². The summed E-state index contributed by atoms with van der Waals surface area (Å²) < 4.78 is 21.3. The molecule has 0 aliphatic rings. The third-order valence-corrected chi connectivity index (χ3v) is 4.77. The van der Waals surface area contributed by atoms with Crippen LogP contribution >= 0.6 is 11.8 Å². The largest absolute Gasteiger partial charge is 0.493 e. The van der Waals surface area contributed by atoms with Crippen molar-refractivity contribution in [1.82, 2.24) is 10.2 Å². The molecule has 0 unspecified atom stereocenters. The first kappa shape index (κ1) is 21.3. The van der Waals surface area contributed by atoms with Crippen LogP contribution in [0.3, 0.4) is 0 Å². The fourth-order valence-corrected chi connectivity index (χ4v) is 3.07. The maximum Gasteiger partial charge on any atom is 0.339 e. The number of methoxy groups -OCH3 is 2. The van der Waals surface area contributed by atoms with E-state index in [1.54, 1.807) is 38.5 Å². The van der Waals surface area contributed by atoms with Gasteiger partial charge in [0.25, 0.3) is 5.22 Å². The summed E-state index contributed by atoms with van der Waals surface area (Å²) in [5.41, 5.74) is 2.14. The standard InChI is InChI=1S/C22H20N2O5S/c1-15-8-4-5-9-17(15)21(25)28-12-6-7-13-30-22-24-23-20(29-22)16-10-11-18(26-2)19(14-16)27-3/h4-5,8-11,14H,12-13H2,1-3H3. The van der Waals surface area contributed by atoms with Crippen molar-refractivity contribution in [3.8, 4) is 34.8 Å². The number of esters is 1. The molecule has 30 heavy (non-hydrogen) atoms. The van der Waals surface area contributed by atoms with Gasteiger partial charge in [0.05, 0.1) is 25.5 Å². The number of aryl methyl sites for hydroxylation is 1. The first-order valence-electron chi connectivity index (χ1n) is 8.99. The van der Waals surface area contributed by atoms with Crippen molar-refractivity contribution >= 4 is 17.7 Å². The van der Waals surface area contributed by atoms with Crippen molar-refractivity contribution in [2.24, 2.45) is 0 Å². The van der Waals surface area contributed by atoms with Gasteiger partial charge in [0, 0.05) is 5.56 Å². The lowest BCUT2D eigenvalue weighted by Crippen LogP contribution is -2.07. The van der Waals surface area contributed by atoms with Crippen LogP contribution in [0.1, 0.15) is 15.9 Å². The second kappa shape index (κ2) is 10.4. The van der Waals surface area contributed by atoms with Crippen LogP contribution < -0.4 is 9.47 Å². The molecule has 2 aromatic carbocycles. The van der Waals surface area contributed by atoms with Crippen LogP contribution in [0.25, 0.3) is 11.5 Å². The fraction of sp³-hybridized carbons (Fsp3) is 0.227. The van der Waals surface area contributed by atoms with E-state index in [0.29, 0.717) is 33.9 Å². The highest BCUT2D eigenvalue weighted by Crippen LogP contribution is 2.32. The summed E-state index contributed by atoms with van der Waals surface area (Å²) in [7, 11) is 3.14. The molecule has 0 atom stereocenters. The van der Waals surface area contributed by atoms with Gasteiger partial charge in [0.15, 0.2) is 18.1 Å². The maximum atomic E-state index is 12.0. The molecule has 0 saturated carbocycles. The summed E-state index contributed by atoms with van der Waals surface area (Å²) >= 11 is 1.30. The molecular formula is C22H20N2O5S. The molecule has 0 N–H and O–H groups in total. The molecule has 3 rings (SSSR count). The minimum Gasteiger partial charge on any atom is -0.493 e. The summed E-state index contributed by atoms with van der Waals surface area (Å²) in [4.78, 5) is 12.0. The number of benzene rings is 2. The van der Waals surface area contributed by atoms with Crippen molar-refractivity contribution in [1.29, 1.82) is 0 Å². The van der Waals surface area contributed by atoms with Crippen LogP contribution in [0.2, 0.25) is 0 Å². The number of nitrogens with zero attached hydrogens (tertiary/aromatic N) is 2. The monoisotopic (exact) mass is 424 g/mol. The number of ether oxygens (including phenoxy) is 3. The molecule has 0 radical (unpaired) electrons. The maximum absolute atomic E-state index is 12.0. The van der Waals surface area contributed by atoms with Gasteiger partial charge in [-0.3, -0.25) is 0 Å². The second-order valence-electron chi connectivity index (χ2n) is 5.98. The Balaban J connectivity index is 1.50. The zero-order chi connectivity index (χ0) is 21.3. The molecular weight excluding hydrogens is 404 g/mol. The summed E-state index contributed by atoms with van der Waals surface area (Å²) in [6, 6.07) is 12.6. The Kier molecular flexibility index (Phi) is 7.35. The van der Waals surface area contributed by atoms with Gasteiger partial charge in [-0.2, -0.15) is 0 Å². The van der Waals surface area contributed by atoms with Gasteiger partial charge < -0.3 is 18.6 Å². The van der Waals surface area contributed by atoms with Crippen molar-refractivity contribution in [2.75, 3.05) is 26.6 Å². The Bertz CT molecular complexity index is 1080. The Labute approximate surface area is 178 Å². The average molecular weight is 424 g/mol. The first-order chi connectivity index (χ1) is 14.6. The minimum absolute atomic E-state index is 0.0223. The molecule has 0 spiro atoms. The number of rotatable bonds is 7. The summed E-state index contributed by atoms with van der Waals surface area (Å²) in [6.45, 7) is 1.88. The van der Waals surface area contributed by atoms with Gasteiger partial charge in [-0.1, -0.05) is 41.8 Å². The van der Waals surface area contributed by atoms with Gasteiger partial charge >= 0.3 is 5.97 Å². The predicted octanol–water partition coefficient (Wildman–Crippen LogP) is 4.01. The molecule has 8 heteroatoms. The minimum atomic E-state index is -0.383. The van der Waals surface area contributed by atoms with Crippen LogP contribution in [0.4, 0.5) is 0 Å². The highest BCUT2D eigenvalue weighted by Gasteiger charge is 2.12. The van der Waals surface area contributed by atoms with Gasteiger partial charge in [-0.05, 0) is 36.8 Å². The SMILES string of the molecule is COc1ccc(-c2nnc(SCC#CCOC(=O)c3ccccc3C)o2)cc1OC. The van der Waals surface area contributed by atoms with Crippen LogP contribution in [0.5, 0.6) is 11.5 Å². The second-order valence-corrected chi connectivity index (χ2v) is 6.90. The van der Waals surface area contributed by atoms with Crippen LogP contribution in [-0.4, -0.2) is 42.7 Å². The van der Waals surface area contributed by atoms with Crippen molar-refractivity contribution < 1.29 is 23.4 Å². The van der Waals surface area contributed by atoms with Crippen molar-refractivity contribution in [3.63, 3.8) is 0 Å². The lowest BCUT2D eigenvalue weighted by molar-refractivity contribution is 0.0556. The molecule has 0 amide bonds.